The number of hydrogen-bond acceptors (Lipinski definition) is 2. The van der Waals surface area contributed by atoms with Crippen molar-refractivity contribution in [2.45, 2.75) is 19.9 Å². The zero-order valence-electron chi connectivity index (χ0n) is 14.3. The summed E-state index contributed by atoms with van der Waals surface area (Å²) in [5.74, 6) is -0.305. The molecule has 1 heterocycles. The molecular formula is C17H27FN4O2+2. The Hall–Kier alpha value is -1.99. The van der Waals surface area contributed by atoms with E-state index < -0.39 is 0 Å². The van der Waals surface area contributed by atoms with Gasteiger partial charge in [-0.15, -0.1) is 0 Å². The molecule has 4 N–H and O–H groups in total. The summed E-state index contributed by atoms with van der Waals surface area (Å²) >= 11 is 0. The van der Waals surface area contributed by atoms with E-state index in [1.165, 1.54) is 21.9 Å². The lowest BCUT2D eigenvalue weighted by molar-refractivity contribution is -1.01. The normalized spacial score (nSPS) is 21.8. The molecule has 1 saturated heterocycles. The maximum atomic E-state index is 12.9. The predicted octanol–water partition coefficient (Wildman–Crippen LogP) is -1.93. The van der Waals surface area contributed by atoms with Crippen LogP contribution in [0.2, 0.25) is 0 Å². The molecule has 0 radical (unpaired) electrons. The Morgan fingerprint density at radius 1 is 1.17 bits per heavy atom. The topological polar surface area (TPSA) is 67.1 Å². The SMILES string of the molecule is CCNC(=O)[C@@H](C)[NH+]1CC[NH+](CC(=O)Nc2ccc(F)cc2)CC1. The molecule has 7 heteroatoms. The molecule has 6 nitrogen and oxygen atoms in total. The lowest BCUT2D eigenvalue weighted by atomic mass is 10.2. The molecule has 24 heavy (non-hydrogen) atoms. The Labute approximate surface area is 142 Å². The Morgan fingerprint density at radius 3 is 2.38 bits per heavy atom. The summed E-state index contributed by atoms with van der Waals surface area (Å²) in [5, 5.41) is 5.65. The second-order valence-electron chi connectivity index (χ2n) is 6.26. The van der Waals surface area contributed by atoms with Crippen molar-refractivity contribution in [3.63, 3.8) is 0 Å². The van der Waals surface area contributed by atoms with Crippen LogP contribution < -0.4 is 20.4 Å². The van der Waals surface area contributed by atoms with Gasteiger partial charge in [-0.3, -0.25) is 9.59 Å². The molecule has 2 amide bonds. The van der Waals surface area contributed by atoms with Crippen molar-refractivity contribution < 1.29 is 23.8 Å². The van der Waals surface area contributed by atoms with Gasteiger partial charge in [0.15, 0.2) is 12.6 Å². The Balaban J connectivity index is 1.75. The largest absolute Gasteiger partial charge is 0.351 e. The minimum atomic E-state index is -0.320. The number of hydrogen-bond donors (Lipinski definition) is 4. The van der Waals surface area contributed by atoms with Gasteiger partial charge in [-0.2, -0.15) is 0 Å². The van der Waals surface area contributed by atoms with Crippen LogP contribution in [-0.4, -0.2) is 57.1 Å². The molecule has 1 aromatic rings. The average molecular weight is 338 g/mol. The first-order valence-corrected chi connectivity index (χ1v) is 8.51. The number of halogens is 1. The zero-order chi connectivity index (χ0) is 17.5. The standard InChI is InChI=1S/C17H25FN4O2/c1-3-19-17(24)13(2)22-10-8-21(9-11-22)12-16(23)20-15-6-4-14(18)5-7-15/h4-7,13H,3,8-12H2,1-2H3,(H,19,24)(H,20,23)/p+2/t13-/m1/s1. The summed E-state index contributed by atoms with van der Waals surface area (Å²) in [6.45, 7) is 8.37. The van der Waals surface area contributed by atoms with E-state index in [0.717, 1.165) is 26.2 Å². The van der Waals surface area contributed by atoms with Crippen molar-refractivity contribution in [1.29, 1.82) is 0 Å². The highest BCUT2D eigenvalue weighted by Gasteiger charge is 2.31. The number of carbonyl (C=O) groups excluding carboxylic acids is 2. The van der Waals surface area contributed by atoms with Gasteiger partial charge in [-0.25, -0.2) is 4.39 Å². The molecule has 1 aliphatic rings. The van der Waals surface area contributed by atoms with Crippen LogP contribution >= 0.6 is 0 Å². The van der Waals surface area contributed by atoms with Crippen LogP contribution in [0.25, 0.3) is 0 Å². The van der Waals surface area contributed by atoms with Gasteiger partial charge in [0.05, 0.1) is 0 Å². The molecule has 132 valence electrons. The van der Waals surface area contributed by atoms with Crippen LogP contribution in [0.4, 0.5) is 10.1 Å². The van der Waals surface area contributed by atoms with Gasteiger partial charge >= 0.3 is 0 Å². The van der Waals surface area contributed by atoms with Crippen LogP contribution in [0.5, 0.6) is 0 Å². The number of rotatable bonds is 6. The fourth-order valence-corrected chi connectivity index (χ4v) is 3.01. The van der Waals surface area contributed by atoms with E-state index in [0.29, 0.717) is 18.8 Å². The number of quaternary nitrogens is 2. The highest BCUT2D eigenvalue weighted by atomic mass is 19.1. The lowest BCUT2D eigenvalue weighted by Crippen LogP contribution is -3.30. The first-order chi connectivity index (χ1) is 11.5. The fraction of sp³-hybridized carbons (Fsp3) is 0.529. The van der Waals surface area contributed by atoms with E-state index in [1.54, 1.807) is 12.1 Å². The maximum absolute atomic E-state index is 12.9. The van der Waals surface area contributed by atoms with Gasteiger partial charge in [0, 0.05) is 12.2 Å². The molecule has 0 unspecified atom stereocenters. The summed E-state index contributed by atoms with van der Waals surface area (Å²) in [6, 6.07) is 5.71. The van der Waals surface area contributed by atoms with E-state index in [4.69, 9.17) is 0 Å². The molecule has 0 spiro atoms. The van der Waals surface area contributed by atoms with E-state index >= 15 is 0 Å². The van der Waals surface area contributed by atoms with Crippen molar-refractivity contribution in [2.24, 2.45) is 0 Å². The Kier molecular flexibility index (Phi) is 6.69. The highest BCUT2D eigenvalue weighted by Crippen LogP contribution is 2.07. The van der Waals surface area contributed by atoms with E-state index in [9.17, 15) is 14.0 Å². The predicted molar refractivity (Wildman–Crippen MR) is 89.4 cm³/mol. The molecule has 1 aromatic carbocycles. The minimum absolute atomic E-state index is 0.0560. The molecule has 0 aromatic heterocycles. The van der Waals surface area contributed by atoms with Gasteiger partial charge in [-0.05, 0) is 38.1 Å². The number of piperazine rings is 1. The molecular weight excluding hydrogens is 311 g/mol. The molecule has 0 saturated carbocycles. The van der Waals surface area contributed by atoms with Crippen molar-refractivity contribution in [3.8, 4) is 0 Å². The highest BCUT2D eigenvalue weighted by molar-refractivity contribution is 5.91. The quantitative estimate of drug-likeness (QED) is 0.488. The van der Waals surface area contributed by atoms with Gasteiger partial charge in [0.1, 0.15) is 32.0 Å². The third-order valence-electron chi connectivity index (χ3n) is 4.49. The first kappa shape index (κ1) is 18.4. The third kappa shape index (κ3) is 5.28. The summed E-state index contributed by atoms with van der Waals surface area (Å²) in [7, 11) is 0. The summed E-state index contributed by atoms with van der Waals surface area (Å²) in [5.41, 5.74) is 0.606. The van der Waals surface area contributed by atoms with Crippen LogP contribution in [0.1, 0.15) is 13.8 Å². The van der Waals surface area contributed by atoms with Gasteiger partial charge in [-0.1, -0.05) is 0 Å². The molecule has 0 aliphatic carbocycles. The molecule has 1 fully saturated rings. The van der Waals surface area contributed by atoms with Gasteiger partial charge in [0.25, 0.3) is 11.8 Å². The molecule has 0 bridgehead atoms. The smallest absolute Gasteiger partial charge is 0.279 e. The lowest BCUT2D eigenvalue weighted by Gasteiger charge is -2.32. The Bertz CT molecular complexity index is 556. The van der Waals surface area contributed by atoms with Crippen LogP contribution in [0, 0.1) is 5.82 Å². The van der Waals surface area contributed by atoms with Gasteiger partial charge in [0.2, 0.25) is 0 Å². The van der Waals surface area contributed by atoms with E-state index in [-0.39, 0.29) is 23.7 Å². The maximum Gasteiger partial charge on any atom is 0.279 e. The monoisotopic (exact) mass is 338 g/mol. The number of likely N-dealkylation sites (N-methyl/N-ethyl adjacent to an activating group) is 1. The van der Waals surface area contributed by atoms with Crippen molar-refractivity contribution in [1.82, 2.24) is 5.32 Å². The summed E-state index contributed by atoms with van der Waals surface area (Å²) < 4.78 is 12.9. The van der Waals surface area contributed by atoms with Crippen molar-refractivity contribution in [2.75, 3.05) is 44.6 Å². The van der Waals surface area contributed by atoms with Crippen LogP contribution in [0.15, 0.2) is 24.3 Å². The van der Waals surface area contributed by atoms with Gasteiger partial charge < -0.3 is 20.4 Å². The second kappa shape index (κ2) is 8.75. The van der Waals surface area contributed by atoms with Crippen LogP contribution in [-0.2, 0) is 9.59 Å². The second-order valence-corrected chi connectivity index (χ2v) is 6.26. The van der Waals surface area contributed by atoms with Crippen molar-refractivity contribution in [3.05, 3.63) is 30.1 Å². The molecule has 1 atom stereocenters. The first-order valence-electron chi connectivity index (χ1n) is 8.51. The molecule has 2 rings (SSSR count). The van der Waals surface area contributed by atoms with E-state index in [1.807, 2.05) is 13.8 Å². The van der Waals surface area contributed by atoms with Crippen LogP contribution in [0.3, 0.4) is 0 Å². The number of nitrogens with one attached hydrogen (secondary N) is 4. The molecule has 1 aliphatic heterocycles. The minimum Gasteiger partial charge on any atom is -0.351 e. The number of benzene rings is 1. The van der Waals surface area contributed by atoms with E-state index in [2.05, 4.69) is 10.6 Å². The number of anilines is 1. The van der Waals surface area contributed by atoms with Crippen molar-refractivity contribution >= 4 is 17.5 Å². The number of amides is 2. The zero-order valence-corrected chi connectivity index (χ0v) is 14.3. The number of carbonyl (C=O) groups is 2. The Morgan fingerprint density at radius 2 is 1.79 bits per heavy atom. The summed E-state index contributed by atoms with van der Waals surface area (Å²) in [4.78, 5) is 26.5. The average Bonchev–Trinajstić information content (AvgIpc) is 2.57. The third-order valence-corrected chi connectivity index (χ3v) is 4.49. The summed E-state index contributed by atoms with van der Waals surface area (Å²) in [6.07, 6.45) is 0. The fourth-order valence-electron chi connectivity index (χ4n) is 3.01.